The molecule has 4 atom stereocenters. The van der Waals surface area contributed by atoms with Crippen LogP contribution in [0.25, 0.3) is 6.08 Å². The van der Waals surface area contributed by atoms with Crippen LogP contribution in [0.15, 0.2) is 72.3 Å². The van der Waals surface area contributed by atoms with Crippen LogP contribution in [0.1, 0.15) is 39.7 Å². The largest absolute Gasteiger partial charge is 0.504 e. The number of hydrogen-bond donors (Lipinski definition) is 10. The van der Waals surface area contributed by atoms with E-state index in [1.54, 1.807) is 0 Å². The highest BCUT2D eigenvalue weighted by Crippen LogP contribution is 2.52. The number of aromatic hydroxyl groups is 8. The van der Waals surface area contributed by atoms with Crippen molar-refractivity contribution in [3.63, 3.8) is 0 Å². The second-order valence-electron chi connectivity index (χ2n) is 11.8. The molecule has 0 bridgehead atoms. The SMILES string of the molecule is O=C(O[C@H](Cc1ccc(O)c(O)c1)C(=O)O)C1=Cc2ccc(O)c(O)c2C(C(=O)O[C@H](Cc2ccc(O)c(O)c2)C(=O)O)C1c1ccc(O)c(O)c1. The van der Waals surface area contributed by atoms with Crippen molar-refractivity contribution in [1.29, 1.82) is 0 Å². The van der Waals surface area contributed by atoms with E-state index in [4.69, 9.17) is 9.47 Å². The van der Waals surface area contributed by atoms with Gasteiger partial charge in [-0.25, -0.2) is 14.4 Å². The molecule has 1 aliphatic carbocycles. The number of carboxylic acids is 2. The lowest BCUT2D eigenvalue weighted by Gasteiger charge is -2.34. The molecule has 0 aromatic heterocycles. The van der Waals surface area contributed by atoms with Crippen molar-refractivity contribution in [2.45, 2.75) is 36.9 Å². The molecule has 0 saturated carbocycles. The van der Waals surface area contributed by atoms with E-state index in [1.807, 2.05) is 0 Å². The summed E-state index contributed by atoms with van der Waals surface area (Å²) in [4.78, 5) is 52.7. The number of carbonyl (C=O) groups is 4. The minimum absolute atomic E-state index is 0.0749. The molecule has 4 aromatic rings. The highest BCUT2D eigenvalue weighted by Gasteiger charge is 2.46. The predicted molar refractivity (Wildman–Crippen MR) is 175 cm³/mol. The zero-order valence-electron chi connectivity index (χ0n) is 26.6. The number of benzene rings is 4. The topological polar surface area (TPSA) is 289 Å². The van der Waals surface area contributed by atoms with Crippen molar-refractivity contribution < 1.29 is 79.7 Å². The third-order valence-corrected chi connectivity index (χ3v) is 8.35. The first-order valence-corrected chi connectivity index (χ1v) is 15.2. The number of phenols is 8. The van der Waals surface area contributed by atoms with Crippen LogP contribution in [0, 0.1) is 0 Å². The zero-order chi connectivity index (χ0) is 38.0. The van der Waals surface area contributed by atoms with Crippen LogP contribution in [0.4, 0.5) is 0 Å². The lowest BCUT2D eigenvalue weighted by Crippen LogP contribution is -2.37. The molecular weight excluding hydrogens is 688 g/mol. The van der Waals surface area contributed by atoms with Crippen LogP contribution >= 0.6 is 0 Å². The lowest BCUT2D eigenvalue weighted by atomic mass is 9.71. The second-order valence-corrected chi connectivity index (χ2v) is 11.8. The highest BCUT2D eigenvalue weighted by molar-refractivity contribution is 6.01. The number of carboxylic acid groups (broad SMARTS) is 2. The Hall–Kier alpha value is -7.10. The third kappa shape index (κ3) is 7.40. The van der Waals surface area contributed by atoms with Crippen molar-refractivity contribution >= 4 is 30.0 Å². The summed E-state index contributed by atoms with van der Waals surface area (Å²) >= 11 is 0. The molecule has 0 aliphatic heterocycles. The number of aliphatic carboxylic acids is 2. The fraction of sp³-hybridized carbons (Fsp3) is 0.167. The Bertz CT molecular complexity index is 2120. The summed E-state index contributed by atoms with van der Waals surface area (Å²) in [5, 5.41) is 101. The number of esters is 2. The summed E-state index contributed by atoms with van der Waals surface area (Å²) in [6.07, 6.45) is -3.80. The highest BCUT2D eigenvalue weighted by atomic mass is 16.6. The Kier molecular flexibility index (Phi) is 10.0. The molecule has 0 heterocycles. The molecule has 0 radical (unpaired) electrons. The maximum absolute atomic E-state index is 14.2. The number of ether oxygens (including phenoxy) is 2. The average molecular weight is 719 g/mol. The van der Waals surface area contributed by atoms with E-state index in [1.165, 1.54) is 24.3 Å². The second kappa shape index (κ2) is 14.4. The van der Waals surface area contributed by atoms with Gasteiger partial charge >= 0.3 is 23.9 Å². The van der Waals surface area contributed by atoms with E-state index in [0.29, 0.717) is 0 Å². The van der Waals surface area contributed by atoms with Gasteiger partial charge in [-0.15, -0.1) is 0 Å². The molecule has 16 heteroatoms. The lowest BCUT2D eigenvalue weighted by molar-refractivity contribution is -0.165. The molecule has 0 amide bonds. The van der Waals surface area contributed by atoms with Gasteiger partial charge in [0.1, 0.15) is 0 Å². The van der Waals surface area contributed by atoms with E-state index in [9.17, 15) is 70.2 Å². The Morgan fingerprint density at radius 1 is 0.577 bits per heavy atom. The van der Waals surface area contributed by atoms with Crippen molar-refractivity contribution in [1.82, 2.24) is 0 Å². The first-order chi connectivity index (χ1) is 24.5. The van der Waals surface area contributed by atoms with Gasteiger partial charge in [-0.05, 0) is 70.8 Å². The van der Waals surface area contributed by atoms with Crippen molar-refractivity contribution in [2.24, 2.45) is 0 Å². The van der Waals surface area contributed by atoms with Gasteiger partial charge in [-0.1, -0.05) is 24.3 Å². The molecule has 5 rings (SSSR count). The molecule has 52 heavy (non-hydrogen) atoms. The van der Waals surface area contributed by atoms with Gasteiger partial charge in [0, 0.05) is 29.9 Å². The fourth-order valence-corrected chi connectivity index (χ4v) is 5.80. The molecule has 4 aromatic carbocycles. The maximum atomic E-state index is 14.2. The van der Waals surface area contributed by atoms with Gasteiger partial charge in [0.15, 0.2) is 46.0 Å². The van der Waals surface area contributed by atoms with E-state index in [0.717, 1.165) is 48.5 Å². The van der Waals surface area contributed by atoms with Crippen molar-refractivity contribution in [3.8, 4) is 46.0 Å². The van der Waals surface area contributed by atoms with Crippen LogP contribution < -0.4 is 0 Å². The number of fused-ring (bicyclic) bond motifs is 1. The Labute approximate surface area is 292 Å². The quantitative estimate of drug-likeness (QED) is 0.0787. The molecule has 2 unspecified atom stereocenters. The molecule has 270 valence electrons. The maximum Gasteiger partial charge on any atom is 0.345 e. The third-order valence-electron chi connectivity index (χ3n) is 8.35. The number of phenolic OH excluding ortho intramolecular Hbond substituents is 8. The molecule has 0 fully saturated rings. The monoisotopic (exact) mass is 718 g/mol. The van der Waals surface area contributed by atoms with E-state index in [-0.39, 0.29) is 27.8 Å². The van der Waals surface area contributed by atoms with Crippen LogP contribution in [0.3, 0.4) is 0 Å². The standard InChI is InChI=1S/C36H30O16/c37-20-5-1-15(9-24(20)41)11-27(33(45)46)51-35(49)19-13-17-4-8-23(40)32(44)30(17)31(29(19)18-3-7-22(39)26(43)14-18)36(50)52-28(34(47)48)12-16-2-6-21(38)25(42)10-16/h1-10,13-14,27-29,31,37-44H,11-12H2,(H,45,46)(H,47,48)/t27-,28-,29?,31?/m1/s1. The molecule has 1 aliphatic rings. The summed E-state index contributed by atoms with van der Waals surface area (Å²) in [5.74, 6) is -14.6. The summed E-state index contributed by atoms with van der Waals surface area (Å²) in [7, 11) is 0. The van der Waals surface area contributed by atoms with Gasteiger partial charge in [0.2, 0.25) is 12.2 Å². The Morgan fingerprint density at radius 3 is 1.56 bits per heavy atom. The molecule has 10 N–H and O–H groups in total. The van der Waals surface area contributed by atoms with Crippen LogP contribution in [0.5, 0.6) is 46.0 Å². The first kappa shape index (κ1) is 36.2. The summed E-state index contributed by atoms with van der Waals surface area (Å²) < 4.78 is 10.8. The van der Waals surface area contributed by atoms with Gasteiger partial charge in [0.05, 0.1) is 5.92 Å². The van der Waals surface area contributed by atoms with E-state index in [2.05, 4.69) is 0 Å². The van der Waals surface area contributed by atoms with Crippen molar-refractivity contribution in [2.75, 3.05) is 0 Å². The van der Waals surface area contributed by atoms with Crippen molar-refractivity contribution in [3.05, 3.63) is 100 Å². The van der Waals surface area contributed by atoms with Gasteiger partial charge in [-0.2, -0.15) is 0 Å². The van der Waals surface area contributed by atoms with Gasteiger partial charge in [-0.3, -0.25) is 4.79 Å². The molecule has 0 saturated heterocycles. The summed E-state index contributed by atoms with van der Waals surface area (Å²) in [6, 6.07) is 12.1. The van der Waals surface area contributed by atoms with E-state index < -0.39 is 112 Å². The number of carbonyl (C=O) groups excluding carboxylic acids is 2. The Morgan fingerprint density at radius 2 is 1.06 bits per heavy atom. The smallest absolute Gasteiger partial charge is 0.345 e. The van der Waals surface area contributed by atoms with Gasteiger partial charge < -0.3 is 60.5 Å². The van der Waals surface area contributed by atoms with Crippen LogP contribution in [0.2, 0.25) is 0 Å². The van der Waals surface area contributed by atoms with Crippen LogP contribution in [-0.2, 0) is 41.5 Å². The van der Waals surface area contributed by atoms with Crippen LogP contribution in [-0.4, -0.2) is 87.2 Å². The number of rotatable bonds is 11. The molecule has 16 nitrogen and oxygen atoms in total. The Balaban J connectivity index is 1.61. The average Bonchev–Trinajstić information content (AvgIpc) is 3.09. The normalized spacial score (nSPS) is 16.1. The molecule has 0 spiro atoms. The number of hydrogen-bond acceptors (Lipinski definition) is 14. The fourth-order valence-electron chi connectivity index (χ4n) is 5.80. The first-order valence-electron chi connectivity index (χ1n) is 15.2. The zero-order valence-corrected chi connectivity index (χ0v) is 26.6. The molecular formula is C36H30O16. The summed E-state index contributed by atoms with van der Waals surface area (Å²) in [5.41, 5.74) is -0.735. The summed E-state index contributed by atoms with van der Waals surface area (Å²) in [6.45, 7) is 0. The minimum atomic E-state index is -1.97. The minimum Gasteiger partial charge on any atom is -0.504 e. The van der Waals surface area contributed by atoms with E-state index >= 15 is 0 Å². The van der Waals surface area contributed by atoms with Gasteiger partial charge in [0.25, 0.3) is 0 Å². The predicted octanol–water partition coefficient (Wildman–Crippen LogP) is 3.07.